The second kappa shape index (κ2) is 4.41. The minimum atomic E-state index is -0.463. The average molecular weight is 230 g/mol. The average Bonchev–Trinajstić information content (AvgIpc) is 2.65. The monoisotopic (exact) mass is 230 g/mol. The lowest BCUT2D eigenvalue weighted by molar-refractivity contribution is -0.116. The number of nitrogens with one attached hydrogen (secondary N) is 1. The summed E-state index contributed by atoms with van der Waals surface area (Å²) in [4.78, 5) is 15.7. The molecule has 1 unspecified atom stereocenters. The van der Waals surface area contributed by atoms with Crippen molar-refractivity contribution in [2.24, 2.45) is 4.99 Å². The van der Waals surface area contributed by atoms with Crippen molar-refractivity contribution in [3.63, 3.8) is 0 Å². The van der Waals surface area contributed by atoms with Gasteiger partial charge in [0.2, 0.25) is 0 Å². The third kappa shape index (κ3) is 1.93. The van der Waals surface area contributed by atoms with Crippen molar-refractivity contribution in [1.82, 2.24) is 5.32 Å². The number of hydrogen-bond acceptors (Lipinski definition) is 3. The molecule has 17 heavy (non-hydrogen) atoms. The van der Waals surface area contributed by atoms with Crippen molar-refractivity contribution in [3.05, 3.63) is 47.2 Å². The van der Waals surface area contributed by atoms with Crippen LogP contribution < -0.4 is 5.32 Å². The van der Waals surface area contributed by atoms with Gasteiger partial charge < -0.3 is 10.4 Å². The summed E-state index contributed by atoms with van der Waals surface area (Å²) in [6, 6.07) is 8.89. The molecule has 1 aliphatic rings. The number of carbonyl (C=O) groups is 1. The van der Waals surface area contributed by atoms with Crippen LogP contribution in [0.5, 0.6) is 0 Å². The minimum Gasteiger partial charge on any atom is -0.509 e. The summed E-state index contributed by atoms with van der Waals surface area (Å²) in [7, 11) is 1.60. The maximum absolute atomic E-state index is 11.8. The van der Waals surface area contributed by atoms with E-state index in [0.29, 0.717) is 5.71 Å². The molecule has 1 aromatic rings. The molecule has 1 amide bonds. The van der Waals surface area contributed by atoms with Gasteiger partial charge in [-0.05, 0) is 12.5 Å². The van der Waals surface area contributed by atoms with Gasteiger partial charge in [0.15, 0.2) is 0 Å². The van der Waals surface area contributed by atoms with Gasteiger partial charge in [0.05, 0.1) is 0 Å². The largest absolute Gasteiger partial charge is 0.509 e. The molecular weight excluding hydrogens is 216 g/mol. The molecule has 4 nitrogen and oxygen atoms in total. The molecule has 0 saturated heterocycles. The summed E-state index contributed by atoms with van der Waals surface area (Å²) in [5.74, 6) is -0.233. The Morgan fingerprint density at radius 2 is 2.00 bits per heavy atom. The molecule has 0 spiro atoms. The highest BCUT2D eigenvalue weighted by Gasteiger charge is 2.33. The molecule has 0 aromatic heterocycles. The number of hydrogen-bond donors (Lipinski definition) is 2. The van der Waals surface area contributed by atoms with Crippen LogP contribution in [0.25, 0.3) is 0 Å². The van der Waals surface area contributed by atoms with E-state index in [2.05, 4.69) is 10.3 Å². The van der Waals surface area contributed by atoms with Gasteiger partial charge in [-0.3, -0.25) is 9.79 Å². The van der Waals surface area contributed by atoms with Crippen LogP contribution in [0.4, 0.5) is 0 Å². The molecule has 1 aromatic carbocycles. The predicted octanol–water partition coefficient (Wildman–Crippen LogP) is 1.76. The lowest BCUT2D eigenvalue weighted by atomic mass is 10.0. The fourth-order valence-electron chi connectivity index (χ4n) is 1.88. The van der Waals surface area contributed by atoms with E-state index in [1.165, 1.54) is 0 Å². The zero-order valence-corrected chi connectivity index (χ0v) is 9.77. The van der Waals surface area contributed by atoms with E-state index in [9.17, 15) is 9.90 Å². The molecule has 88 valence electrons. The smallest absolute Gasteiger partial charge is 0.257 e. The predicted molar refractivity (Wildman–Crippen MR) is 66.0 cm³/mol. The fraction of sp³-hybridized carbons (Fsp3) is 0.231. The lowest BCUT2D eigenvalue weighted by Crippen LogP contribution is -2.23. The Hall–Kier alpha value is -2.10. The number of carbonyl (C=O) groups excluding carboxylic acids is 1. The Morgan fingerprint density at radius 3 is 2.59 bits per heavy atom. The standard InChI is InChI=1S/C13H14N2O2/c1-8(14-2)10-12(16)11(15-13(10)17)9-6-4-3-5-7-9/h3-7,11,16H,1-2H3,(H,15,17). The molecule has 1 aliphatic heterocycles. The first kappa shape index (κ1) is 11.4. The van der Waals surface area contributed by atoms with Crippen LogP contribution in [-0.2, 0) is 4.79 Å². The van der Waals surface area contributed by atoms with E-state index in [4.69, 9.17) is 0 Å². The molecule has 0 aliphatic carbocycles. The second-order valence-corrected chi connectivity index (χ2v) is 3.89. The van der Waals surface area contributed by atoms with E-state index in [-0.39, 0.29) is 17.2 Å². The van der Waals surface area contributed by atoms with Crippen molar-refractivity contribution in [1.29, 1.82) is 0 Å². The Kier molecular flexibility index (Phi) is 2.95. The molecule has 0 fully saturated rings. The van der Waals surface area contributed by atoms with Gasteiger partial charge in [0.1, 0.15) is 17.4 Å². The SMILES string of the molecule is CN=C(C)C1=C(O)C(c2ccccc2)NC1=O. The van der Waals surface area contributed by atoms with Crippen LogP contribution in [0.15, 0.2) is 46.7 Å². The third-order valence-corrected chi connectivity index (χ3v) is 2.86. The molecule has 0 radical (unpaired) electrons. The normalized spacial score (nSPS) is 20.7. The number of rotatable bonds is 2. The van der Waals surface area contributed by atoms with Gasteiger partial charge >= 0.3 is 0 Å². The maximum atomic E-state index is 11.8. The van der Waals surface area contributed by atoms with E-state index in [1.54, 1.807) is 14.0 Å². The summed E-state index contributed by atoms with van der Waals surface area (Å²) < 4.78 is 0. The summed E-state index contributed by atoms with van der Waals surface area (Å²) >= 11 is 0. The number of nitrogens with zero attached hydrogens (tertiary/aromatic N) is 1. The summed E-state index contributed by atoms with van der Waals surface area (Å²) in [5.41, 5.74) is 1.68. The van der Waals surface area contributed by atoms with Crippen molar-refractivity contribution in [2.45, 2.75) is 13.0 Å². The molecule has 2 rings (SSSR count). The van der Waals surface area contributed by atoms with Crippen LogP contribution in [0.3, 0.4) is 0 Å². The number of aliphatic imine (C=N–C) groups is 1. The van der Waals surface area contributed by atoms with Crippen LogP contribution in [0.2, 0.25) is 0 Å². The Balaban J connectivity index is 2.42. The van der Waals surface area contributed by atoms with Gasteiger partial charge in [0, 0.05) is 12.8 Å². The molecular formula is C13H14N2O2. The molecule has 4 heteroatoms. The first-order chi connectivity index (χ1) is 8.15. The fourth-order valence-corrected chi connectivity index (χ4v) is 1.88. The molecule has 2 N–H and O–H groups in total. The van der Waals surface area contributed by atoms with Crippen LogP contribution in [-0.4, -0.2) is 23.8 Å². The van der Waals surface area contributed by atoms with Gasteiger partial charge in [-0.15, -0.1) is 0 Å². The quantitative estimate of drug-likeness (QED) is 0.760. The van der Waals surface area contributed by atoms with Crippen molar-refractivity contribution in [2.75, 3.05) is 7.05 Å². The van der Waals surface area contributed by atoms with E-state index in [0.717, 1.165) is 5.56 Å². The molecule has 0 saturated carbocycles. The highest BCUT2D eigenvalue weighted by atomic mass is 16.3. The molecule has 0 bridgehead atoms. The van der Waals surface area contributed by atoms with Crippen molar-refractivity contribution < 1.29 is 9.90 Å². The van der Waals surface area contributed by atoms with Gasteiger partial charge in [0.25, 0.3) is 5.91 Å². The van der Waals surface area contributed by atoms with Crippen molar-refractivity contribution in [3.8, 4) is 0 Å². The second-order valence-electron chi connectivity index (χ2n) is 3.89. The summed E-state index contributed by atoms with van der Waals surface area (Å²) in [5, 5.41) is 12.8. The number of aliphatic hydroxyl groups excluding tert-OH is 1. The summed E-state index contributed by atoms with van der Waals surface area (Å²) in [6.45, 7) is 1.71. The van der Waals surface area contributed by atoms with E-state index < -0.39 is 6.04 Å². The van der Waals surface area contributed by atoms with Crippen LogP contribution in [0.1, 0.15) is 18.5 Å². The number of benzene rings is 1. The minimum absolute atomic E-state index is 0.0456. The van der Waals surface area contributed by atoms with Gasteiger partial charge in [-0.2, -0.15) is 0 Å². The first-order valence-corrected chi connectivity index (χ1v) is 5.38. The topological polar surface area (TPSA) is 61.7 Å². The highest BCUT2D eigenvalue weighted by molar-refractivity contribution is 6.22. The molecule has 1 atom stereocenters. The van der Waals surface area contributed by atoms with Gasteiger partial charge in [-0.25, -0.2) is 0 Å². The lowest BCUT2D eigenvalue weighted by Gasteiger charge is -2.10. The highest BCUT2D eigenvalue weighted by Crippen LogP contribution is 2.28. The zero-order valence-electron chi connectivity index (χ0n) is 9.77. The first-order valence-electron chi connectivity index (χ1n) is 5.38. The Labute approximate surface area is 99.7 Å². The van der Waals surface area contributed by atoms with E-state index in [1.807, 2.05) is 30.3 Å². The Morgan fingerprint density at radius 1 is 1.35 bits per heavy atom. The zero-order chi connectivity index (χ0) is 12.4. The Bertz CT molecular complexity index is 503. The summed E-state index contributed by atoms with van der Waals surface area (Å²) in [6.07, 6.45) is 0. The maximum Gasteiger partial charge on any atom is 0.257 e. The van der Waals surface area contributed by atoms with E-state index >= 15 is 0 Å². The van der Waals surface area contributed by atoms with Crippen LogP contribution in [0, 0.1) is 0 Å². The number of amides is 1. The third-order valence-electron chi connectivity index (χ3n) is 2.86. The van der Waals surface area contributed by atoms with Crippen molar-refractivity contribution >= 4 is 11.6 Å². The molecule has 1 heterocycles. The number of aliphatic hydroxyl groups is 1. The van der Waals surface area contributed by atoms with Crippen LogP contribution >= 0.6 is 0 Å². The van der Waals surface area contributed by atoms with Gasteiger partial charge in [-0.1, -0.05) is 30.3 Å².